The van der Waals surface area contributed by atoms with E-state index in [1.807, 2.05) is 17.8 Å². The van der Waals surface area contributed by atoms with Crippen LogP contribution in [0.25, 0.3) is 0 Å². The summed E-state index contributed by atoms with van der Waals surface area (Å²) in [7, 11) is 0. The molecule has 0 aromatic heterocycles. The number of nitrogens with two attached hydrogens (primary N) is 1. The van der Waals surface area contributed by atoms with Crippen molar-refractivity contribution in [2.45, 2.75) is 24.3 Å². The summed E-state index contributed by atoms with van der Waals surface area (Å²) in [6.07, 6.45) is 0. The fourth-order valence-corrected chi connectivity index (χ4v) is 1.78. The molecule has 0 bridgehead atoms. The molecular weight excluding hydrogens is 214 g/mol. The molecule has 0 aliphatic heterocycles. The van der Waals surface area contributed by atoms with Crippen LogP contribution in [0.15, 0.2) is 30.3 Å². The molecule has 1 rings (SSSR count). The van der Waals surface area contributed by atoms with Crippen LogP contribution in [0.5, 0.6) is 0 Å². The first-order chi connectivity index (χ1) is 6.14. The number of rotatable bonds is 4. The van der Waals surface area contributed by atoms with Crippen molar-refractivity contribution >= 4 is 24.2 Å². The number of benzene rings is 1. The first-order valence-corrected chi connectivity index (χ1v) is 5.50. The summed E-state index contributed by atoms with van der Waals surface area (Å²) in [4.78, 5) is 0. The molecule has 0 heterocycles. The lowest BCUT2D eigenvalue weighted by atomic mass is 10.2. The van der Waals surface area contributed by atoms with Crippen molar-refractivity contribution in [1.82, 2.24) is 0 Å². The zero-order valence-corrected chi connectivity index (χ0v) is 10.3. The van der Waals surface area contributed by atoms with Crippen molar-refractivity contribution in [3.05, 3.63) is 35.9 Å². The number of thioether (sulfide) groups is 1. The average molecular weight is 232 g/mol. The highest BCUT2D eigenvalue weighted by Crippen LogP contribution is 2.26. The molecule has 2 N–H and O–H groups in total. The lowest BCUT2D eigenvalue weighted by molar-refractivity contribution is 0.722. The fourth-order valence-electron chi connectivity index (χ4n) is 0.912. The highest BCUT2D eigenvalue weighted by Gasteiger charge is 2.15. The van der Waals surface area contributed by atoms with Crippen LogP contribution in [0.3, 0.4) is 0 Å². The normalized spacial score (nSPS) is 10.8. The Morgan fingerprint density at radius 2 is 1.79 bits per heavy atom. The maximum atomic E-state index is 5.65. The quantitative estimate of drug-likeness (QED) is 0.862. The summed E-state index contributed by atoms with van der Waals surface area (Å²) in [5.41, 5.74) is 7.02. The van der Waals surface area contributed by atoms with Gasteiger partial charge >= 0.3 is 0 Å². The fraction of sp³-hybridized carbons (Fsp3) is 0.455. The summed E-state index contributed by atoms with van der Waals surface area (Å²) in [5.74, 6) is 1.05. The molecule has 3 heteroatoms. The van der Waals surface area contributed by atoms with E-state index in [0.717, 1.165) is 12.3 Å². The number of hydrogen-bond donors (Lipinski definition) is 1. The maximum Gasteiger partial charge on any atom is 0.0229 e. The van der Waals surface area contributed by atoms with E-state index in [0.29, 0.717) is 0 Å². The van der Waals surface area contributed by atoms with Crippen LogP contribution >= 0.6 is 24.2 Å². The van der Waals surface area contributed by atoms with E-state index in [-0.39, 0.29) is 17.2 Å². The molecule has 1 aromatic rings. The van der Waals surface area contributed by atoms with E-state index in [2.05, 4.69) is 38.1 Å². The molecule has 1 aromatic carbocycles. The van der Waals surface area contributed by atoms with Gasteiger partial charge in [-0.1, -0.05) is 30.3 Å². The molecule has 0 unspecified atom stereocenters. The Bertz CT molecular complexity index is 249. The van der Waals surface area contributed by atoms with Gasteiger partial charge in [0.2, 0.25) is 0 Å². The first kappa shape index (κ1) is 13.8. The van der Waals surface area contributed by atoms with Crippen LogP contribution in [0.1, 0.15) is 19.4 Å². The van der Waals surface area contributed by atoms with Gasteiger partial charge in [0.05, 0.1) is 0 Å². The van der Waals surface area contributed by atoms with Gasteiger partial charge in [0.25, 0.3) is 0 Å². The Morgan fingerprint density at radius 3 is 2.29 bits per heavy atom. The van der Waals surface area contributed by atoms with Crippen LogP contribution in [-0.4, -0.2) is 11.3 Å². The lowest BCUT2D eigenvalue weighted by Crippen LogP contribution is -2.26. The molecule has 0 fully saturated rings. The minimum atomic E-state index is 0. The largest absolute Gasteiger partial charge is 0.329 e. The van der Waals surface area contributed by atoms with Crippen molar-refractivity contribution in [3.8, 4) is 0 Å². The highest BCUT2D eigenvalue weighted by atomic mass is 35.5. The molecule has 0 aliphatic carbocycles. The molecule has 0 amide bonds. The predicted molar refractivity (Wildman–Crippen MR) is 68.1 cm³/mol. The van der Waals surface area contributed by atoms with E-state index in [1.54, 1.807) is 0 Å². The Labute approximate surface area is 96.9 Å². The van der Waals surface area contributed by atoms with Crippen LogP contribution in [-0.2, 0) is 5.75 Å². The summed E-state index contributed by atoms with van der Waals surface area (Å²) in [6, 6.07) is 10.5. The molecule has 0 atom stereocenters. The second-order valence-corrected chi connectivity index (χ2v) is 5.42. The topological polar surface area (TPSA) is 26.0 Å². The summed E-state index contributed by atoms with van der Waals surface area (Å²) >= 11 is 1.91. The highest BCUT2D eigenvalue weighted by molar-refractivity contribution is 7.99. The minimum absolute atomic E-state index is 0. The number of hydrogen-bond acceptors (Lipinski definition) is 2. The van der Waals surface area contributed by atoms with Gasteiger partial charge in [-0.15, -0.1) is 24.2 Å². The van der Waals surface area contributed by atoms with Gasteiger partial charge in [0.15, 0.2) is 0 Å². The minimum Gasteiger partial charge on any atom is -0.329 e. The van der Waals surface area contributed by atoms with E-state index < -0.39 is 0 Å². The molecular formula is C11H18ClNS. The maximum absolute atomic E-state index is 5.65. The van der Waals surface area contributed by atoms with E-state index in [9.17, 15) is 0 Å². The Morgan fingerprint density at radius 1 is 1.21 bits per heavy atom. The van der Waals surface area contributed by atoms with Gasteiger partial charge in [0, 0.05) is 17.0 Å². The monoisotopic (exact) mass is 231 g/mol. The molecule has 0 aliphatic rings. The average Bonchev–Trinajstić information content (AvgIpc) is 2.17. The predicted octanol–water partition coefficient (Wildman–Crippen LogP) is 3.08. The van der Waals surface area contributed by atoms with Gasteiger partial charge in [-0.3, -0.25) is 0 Å². The zero-order valence-electron chi connectivity index (χ0n) is 8.69. The summed E-state index contributed by atoms with van der Waals surface area (Å²) in [6.45, 7) is 5.09. The van der Waals surface area contributed by atoms with Crippen molar-refractivity contribution in [1.29, 1.82) is 0 Å². The second kappa shape index (κ2) is 6.33. The van der Waals surface area contributed by atoms with Crippen molar-refractivity contribution in [2.75, 3.05) is 6.54 Å². The standard InChI is InChI=1S/C11H17NS.ClH/c1-11(2,9-12)13-8-10-6-4-3-5-7-10;/h3-7H,8-9,12H2,1-2H3;1H. The molecule has 0 saturated carbocycles. The third-order valence-electron chi connectivity index (χ3n) is 1.96. The lowest BCUT2D eigenvalue weighted by Gasteiger charge is -2.21. The van der Waals surface area contributed by atoms with E-state index in [4.69, 9.17) is 5.73 Å². The van der Waals surface area contributed by atoms with E-state index >= 15 is 0 Å². The van der Waals surface area contributed by atoms with Crippen molar-refractivity contribution in [2.24, 2.45) is 5.73 Å². The van der Waals surface area contributed by atoms with E-state index in [1.165, 1.54) is 5.56 Å². The Hall–Kier alpha value is -0.180. The molecule has 14 heavy (non-hydrogen) atoms. The smallest absolute Gasteiger partial charge is 0.0229 e. The molecule has 0 spiro atoms. The van der Waals surface area contributed by atoms with Gasteiger partial charge in [0.1, 0.15) is 0 Å². The molecule has 0 saturated heterocycles. The van der Waals surface area contributed by atoms with Crippen LogP contribution < -0.4 is 5.73 Å². The summed E-state index contributed by atoms with van der Waals surface area (Å²) < 4.78 is 0.190. The summed E-state index contributed by atoms with van der Waals surface area (Å²) in [5, 5.41) is 0. The van der Waals surface area contributed by atoms with Gasteiger partial charge in [-0.2, -0.15) is 0 Å². The van der Waals surface area contributed by atoms with Gasteiger partial charge in [-0.05, 0) is 19.4 Å². The molecule has 80 valence electrons. The first-order valence-electron chi connectivity index (χ1n) is 4.52. The molecule has 1 nitrogen and oxygen atoms in total. The van der Waals surface area contributed by atoms with Crippen LogP contribution in [0.2, 0.25) is 0 Å². The third kappa shape index (κ3) is 4.89. The SMILES string of the molecule is CC(C)(CN)SCc1ccccc1.Cl. The van der Waals surface area contributed by atoms with Crippen molar-refractivity contribution < 1.29 is 0 Å². The zero-order chi connectivity index (χ0) is 9.73. The van der Waals surface area contributed by atoms with Crippen LogP contribution in [0.4, 0.5) is 0 Å². The van der Waals surface area contributed by atoms with Gasteiger partial charge < -0.3 is 5.73 Å². The van der Waals surface area contributed by atoms with Crippen LogP contribution in [0, 0.1) is 0 Å². The number of halogens is 1. The Kier molecular flexibility index (Phi) is 6.25. The second-order valence-electron chi connectivity index (χ2n) is 3.74. The third-order valence-corrected chi connectivity index (χ3v) is 3.39. The van der Waals surface area contributed by atoms with Gasteiger partial charge in [-0.25, -0.2) is 0 Å². The molecule has 0 radical (unpaired) electrons. The van der Waals surface area contributed by atoms with Crippen molar-refractivity contribution in [3.63, 3.8) is 0 Å². The Balaban J connectivity index is 0.00000169.